The first-order chi connectivity index (χ1) is 7.49. The number of rotatable bonds is 1. The number of benzene rings is 1. The molecule has 0 radical (unpaired) electrons. The lowest BCUT2D eigenvalue weighted by Crippen LogP contribution is -1.93. The normalized spacial score (nSPS) is 10.8. The maximum atomic E-state index is 13.8. The van der Waals surface area contributed by atoms with Crippen LogP contribution in [-0.2, 0) is 0 Å². The Morgan fingerprint density at radius 3 is 2.56 bits per heavy atom. The largest absolute Gasteiger partial charge is 0.250 e. The van der Waals surface area contributed by atoms with Crippen molar-refractivity contribution in [3.05, 3.63) is 47.4 Å². The Bertz CT molecular complexity index is 585. The van der Waals surface area contributed by atoms with Gasteiger partial charge in [0.15, 0.2) is 0 Å². The van der Waals surface area contributed by atoms with Crippen LogP contribution in [0.4, 0.5) is 4.39 Å². The molecule has 0 fully saturated rings. The highest BCUT2D eigenvalue weighted by atomic mass is 19.1. The van der Waals surface area contributed by atoms with Crippen LogP contribution < -0.4 is 0 Å². The summed E-state index contributed by atoms with van der Waals surface area (Å²) in [4.78, 5) is 4.24. The zero-order valence-corrected chi connectivity index (χ0v) is 9.76. The molecule has 0 amide bonds. The number of pyridine rings is 1. The number of nitrogens with zero attached hydrogens (tertiary/aromatic N) is 1. The molecule has 2 rings (SSSR count). The summed E-state index contributed by atoms with van der Waals surface area (Å²) < 4.78 is 13.8. The van der Waals surface area contributed by atoms with Crippen molar-refractivity contribution in [1.29, 1.82) is 0 Å². The average Bonchev–Trinajstić information content (AvgIpc) is 2.18. The maximum absolute atomic E-state index is 13.8. The predicted octanol–water partition coefficient (Wildman–Crippen LogP) is 4.02. The van der Waals surface area contributed by atoms with E-state index >= 15 is 0 Å². The Hall–Kier alpha value is -1.70. The van der Waals surface area contributed by atoms with Crippen molar-refractivity contribution in [3.63, 3.8) is 0 Å². The molecule has 1 aromatic heterocycles. The molecule has 1 heterocycles. The number of aromatic nitrogens is 1. The minimum atomic E-state index is -0.263. The van der Waals surface area contributed by atoms with Crippen LogP contribution >= 0.6 is 0 Å². The summed E-state index contributed by atoms with van der Waals surface area (Å²) in [5, 5.41) is 0.843. The van der Waals surface area contributed by atoms with Gasteiger partial charge in [-0.3, -0.25) is 4.98 Å². The molecule has 82 valence electrons. The molecule has 0 unspecified atom stereocenters. The van der Waals surface area contributed by atoms with E-state index < -0.39 is 0 Å². The first kappa shape index (κ1) is 10.8. The van der Waals surface area contributed by atoms with Gasteiger partial charge in [-0.25, -0.2) is 4.39 Å². The highest BCUT2D eigenvalue weighted by molar-refractivity contribution is 5.91. The molecule has 0 aliphatic carbocycles. The summed E-state index contributed by atoms with van der Waals surface area (Å²) >= 11 is 0. The van der Waals surface area contributed by atoms with Crippen LogP contribution in [0, 0.1) is 19.7 Å². The molecule has 0 atom stereocenters. The van der Waals surface area contributed by atoms with Gasteiger partial charge in [-0.05, 0) is 50.1 Å². The van der Waals surface area contributed by atoms with Gasteiger partial charge in [-0.15, -0.1) is 0 Å². The lowest BCUT2D eigenvalue weighted by atomic mass is 10.0. The fourth-order valence-electron chi connectivity index (χ4n) is 1.90. The van der Waals surface area contributed by atoms with Crippen molar-refractivity contribution in [2.75, 3.05) is 0 Å². The van der Waals surface area contributed by atoms with Crippen LogP contribution in [0.25, 0.3) is 16.5 Å². The number of hydrogen-bond donors (Lipinski definition) is 0. The summed E-state index contributed by atoms with van der Waals surface area (Å²) in [6, 6.07) is 5.41. The van der Waals surface area contributed by atoms with Gasteiger partial charge in [0.1, 0.15) is 11.3 Å². The molecule has 0 saturated heterocycles. The Morgan fingerprint density at radius 2 is 1.94 bits per heavy atom. The summed E-state index contributed by atoms with van der Waals surface area (Å²) in [6.07, 6.45) is 0. The number of hydrogen-bond acceptors (Lipinski definition) is 1. The van der Waals surface area contributed by atoms with Crippen molar-refractivity contribution in [1.82, 2.24) is 4.98 Å². The molecule has 0 saturated carbocycles. The van der Waals surface area contributed by atoms with E-state index in [0.29, 0.717) is 5.52 Å². The van der Waals surface area contributed by atoms with Gasteiger partial charge in [0.2, 0.25) is 0 Å². The molecule has 2 aromatic rings. The molecule has 0 aliphatic heterocycles. The number of allylic oxidation sites excluding steroid dienone is 1. The fourth-order valence-corrected chi connectivity index (χ4v) is 1.90. The maximum Gasteiger partial charge on any atom is 0.149 e. The lowest BCUT2D eigenvalue weighted by molar-refractivity contribution is 0.635. The number of fused-ring (bicyclic) bond motifs is 1. The van der Waals surface area contributed by atoms with Crippen LogP contribution in [0.1, 0.15) is 23.7 Å². The zero-order valence-electron chi connectivity index (χ0n) is 9.76. The van der Waals surface area contributed by atoms with Gasteiger partial charge in [-0.2, -0.15) is 0 Å². The average molecular weight is 215 g/mol. The Kier molecular flexibility index (Phi) is 2.50. The van der Waals surface area contributed by atoms with Crippen molar-refractivity contribution in [2.24, 2.45) is 0 Å². The minimum absolute atomic E-state index is 0.263. The predicted molar refractivity (Wildman–Crippen MR) is 65.9 cm³/mol. The molecule has 16 heavy (non-hydrogen) atoms. The third-order valence-corrected chi connectivity index (χ3v) is 2.60. The van der Waals surface area contributed by atoms with Crippen molar-refractivity contribution >= 4 is 16.5 Å². The standard InChI is InChI=1S/C14H14FN/c1-8(2)11-7-10(4)16-14-12(11)5-9(3)6-13(14)15/h5-7H,1H2,2-4H3. The molecule has 0 bridgehead atoms. The Balaban J connectivity index is 2.95. The van der Waals surface area contributed by atoms with Crippen LogP contribution in [-0.4, -0.2) is 4.98 Å². The molecule has 0 N–H and O–H groups in total. The van der Waals surface area contributed by atoms with Crippen LogP contribution in [0.2, 0.25) is 0 Å². The highest BCUT2D eigenvalue weighted by Gasteiger charge is 2.09. The van der Waals surface area contributed by atoms with Crippen LogP contribution in [0.3, 0.4) is 0 Å². The van der Waals surface area contributed by atoms with E-state index in [2.05, 4.69) is 11.6 Å². The first-order valence-corrected chi connectivity index (χ1v) is 5.22. The molecule has 1 aromatic carbocycles. The summed E-state index contributed by atoms with van der Waals surface area (Å²) in [6.45, 7) is 9.60. The first-order valence-electron chi connectivity index (χ1n) is 5.22. The monoisotopic (exact) mass is 215 g/mol. The van der Waals surface area contributed by atoms with E-state index in [1.165, 1.54) is 6.07 Å². The van der Waals surface area contributed by atoms with Crippen molar-refractivity contribution < 1.29 is 4.39 Å². The molecule has 1 nitrogen and oxygen atoms in total. The SMILES string of the molecule is C=C(C)c1cc(C)nc2c(F)cc(C)cc12. The van der Waals surface area contributed by atoms with Crippen LogP contribution in [0.5, 0.6) is 0 Å². The molecular formula is C14H14FN. The van der Waals surface area contributed by atoms with Gasteiger partial charge in [0, 0.05) is 11.1 Å². The van der Waals surface area contributed by atoms with Gasteiger partial charge in [0.05, 0.1) is 0 Å². The number of halogens is 1. The minimum Gasteiger partial charge on any atom is -0.250 e. The smallest absolute Gasteiger partial charge is 0.149 e. The van der Waals surface area contributed by atoms with Gasteiger partial charge in [0.25, 0.3) is 0 Å². The van der Waals surface area contributed by atoms with Gasteiger partial charge in [-0.1, -0.05) is 12.2 Å². The van der Waals surface area contributed by atoms with Gasteiger partial charge >= 0.3 is 0 Å². The Labute approximate surface area is 94.6 Å². The third-order valence-electron chi connectivity index (χ3n) is 2.60. The van der Waals surface area contributed by atoms with E-state index in [0.717, 1.165) is 27.8 Å². The number of aryl methyl sites for hydroxylation is 2. The zero-order chi connectivity index (χ0) is 11.9. The van der Waals surface area contributed by atoms with E-state index in [-0.39, 0.29) is 5.82 Å². The third kappa shape index (κ3) is 1.71. The Morgan fingerprint density at radius 1 is 1.25 bits per heavy atom. The van der Waals surface area contributed by atoms with E-state index in [1.807, 2.05) is 32.9 Å². The van der Waals surface area contributed by atoms with E-state index in [4.69, 9.17) is 0 Å². The summed E-state index contributed by atoms with van der Waals surface area (Å²) in [7, 11) is 0. The summed E-state index contributed by atoms with van der Waals surface area (Å²) in [5.74, 6) is -0.263. The molecule has 0 aliphatic rings. The fraction of sp³-hybridized carbons (Fsp3) is 0.214. The van der Waals surface area contributed by atoms with Crippen molar-refractivity contribution in [3.8, 4) is 0 Å². The highest BCUT2D eigenvalue weighted by Crippen LogP contribution is 2.26. The molecule has 0 spiro atoms. The van der Waals surface area contributed by atoms with E-state index in [9.17, 15) is 4.39 Å². The molecule has 2 heteroatoms. The quantitative estimate of drug-likeness (QED) is 0.700. The van der Waals surface area contributed by atoms with Gasteiger partial charge < -0.3 is 0 Å². The second kappa shape index (κ2) is 3.71. The van der Waals surface area contributed by atoms with Crippen LogP contribution in [0.15, 0.2) is 24.8 Å². The summed E-state index contributed by atoms with van der Waals surface area (Å²) in [5.41, 5.74) is 4.06. The molecular weight excluding hydrogens is 201 g/mol. The van der Waals surface area contributed by atoms with E-state index in [1.54, 1.807) is 0 Å². The topological polar surface area (TPSA) is 12.9 Å². The van der Waals surface area contributed by atoms with Crippen molar-refractivity contribution in [2.45, 2.75) is 20.8 Å². The second-order valence-electron chi connectivity index (χ2n) is 4.23. The second-order valence-corrected chi connectivity index (χ2v) is 4.23. The lowest BCUT2D eigenvalue weighted by Gasteiger charge is -2.09.